The molecule has 2 unspecified atom stereocenters. The summed E-state index contributed by atoms with van der Waals surface area (Å²) in [6.07, 6.45) is 9.68. The Balaban J connectivity index is 1.58. The number of piperidine rings is 2. The first-order valence-electron chi connectivity index (χ1n) is 8.39. The average Bonchev–Trinajstić information content (AvgIpc) is 2.47. The van der Waals surface area contributed by atoms with Crippen LogP contribution in [0.3, 0.4) is 0 Å². The van der Waals surface area contributed by atoms with Crippen LogP contribution in [0.2, 0.25) is 0 Å². The summed E-state index contributed by atoms with van der Waals surface area (Å²) in [7, 11) is 0. The first kappa shape index (κ1) is 15.8. The summed E-state index contributed by atoms with van der Waals surface area (Å²) < 4.78 is 0. The summed E-state index contributed by atoms with van der Waals surface area (Å²) in [4.78, 5) is 13.0. The van der Waals surface area contributed by atoms with Crippen LogP contribution in [0.1, 0.15) is 51.4 Å². The van der Waals surface area contributed by atoms with Crippen LogP contribution in [0.15, 0.2) is 0 Å². The molecule has 2 fully saturated rings. The van der Waals surface area contributed by atoms with Gasteiger partial charge in [0, 0.05) is 13.1 Å². The fraction of sp³-hybridized carbons (Fsp3) is 0.938. The quantitative estimate of drug-likeness (QED) is 0.752. The van der Waals surface area contributed by atoms with Gasteiger partial charge in [-0.25, -0.2) is 0 Å². The van der Waals surface area contributed by atoms with Crippen molar-refractivity contribution in [3.8, 4) is 0 Å². The topological polar surface area (TPSA) is 52.6 Å². The van der Waals surface area contributed by atoms with E-state index >= 15 is 0 Å². The van der Waals surface area contributed by atoms with Crippen molar-refractivity contribution in [2.45, 2.75) is 51.4 Å². The van der Waals surface area contributed by atoms with Gasteiger partial charge in [0.1, 0.15) is 0 Å². The zero-order valence-electron chi connectivity index (χ0n) is 12.6. The molecule has 2 atom stereocenters. The number of rotatable bonds is 7. The first-order valence-corrected chi connectivity index (χ1v) is 8.39. The maximum atomic E-state index is 10.6. The van der Waals surface area contributed by atoms with E-state index in [-0.39, 0.29) is 0 Å². The molecular formula is C16H30N2O2. The summed E-state index contributed by atoms with van der Waals surface area (Å²) in [5, 5.41) is 12.3. The molecule has 2 aliphatic rings. The number of likely N-dealkylation sites (tertiary alicyclic amines) is 1. The molecule has 20 heavy (non-hydrogen) atoms. The molecule has 0 radical (unpaired) electrons. The zero-order chi connectivity index (χ0) is 14.2. The van der Waals surface area contributed by atoms with Crippen LogP contribution >= 0.6 is 0 Å². The van der Waals surface area contributed by atoms with Crippen LogP contribution in [-0.2, 0) is 4.79 Å². The van der Waals surface area contributed by atoms with Gasteiger partial charge in [-0.3, -0.25) is 4.79 Å². The largest absolute Gasteiger partial charge is 0.481 e. The Bertz CT molecular complexity index is 290. The Morgan fingerprint density at radius 2 is 2.00 bits per heavy atom. The molecule has 0 amide bonds. The molecular weight excluding hydrogens is 252 g/mol. The molecule has 0 bridgehead atoms. The fourth-order valence-electron chi connectivity index (χ4n) is 3.71. The van der Waals surface area contributed by atoms with Gasteiger partial charge in [0.25, 0.3) is 0 Å². The number of aliphatic carboxylic acids is 1. The Hall–Kier alpha value is -0.610. The number of hydrogen-bond acceptors (Lipinski definition) is 3. The van der Waals surface area contributed by atoms with E-state index in [9.17, 15) is 4.79 Å². The molecule has 4 heteroatoms. The van der Waals surface area contributed by atoms with Crippen LogP contribution in [0, 0.1) is 11.8 Å². The van der Waals surface area contributed by atoms with Crippen LogP contribution in [0.4, 0.5) is 0 Å². The highest BCUT2D eigenvalue weighted by Gasteiger charge is 2.20. The van der Waals surface area contributed by atoms with E-state index in [0.29, 0.717) is 6.42 Å². The summed E-state index contributed by atoms with van der Waals surface area (Å²) in [6, 6.07) is 0. The minimum absolute atomic E-state index is 0.292. The molecule has 4 nitrogen and oxygen atoms in total. The van der Waals surface area contributed by atoms with Gasteiger partial charge in [0.15, 0.2) is 0 Å². The summed E-state index contributed by atoms with van der Waals surface area (Å²) >= 11 is 0. The average molecular weight is 282 g/mol. The molecule has 0 spiro atoms. The molecule has 0 aromatic carbocycles. The number of nitrogens with zero attached hydrogens (tertiary/aromatic N) is 1. The third-order valence-corrected chi connectivity index (χ3v) is 4.87. The number of nitrogens with one attached hydrogen (secondary N) is 1. The normalized spacial score (nSPS) is 28.4. The van der Waals surface area contributed by atoms with Gasteiger partial charge in [-0.15, -0.1) is 0 Å². The SMILES string of the molecule is O=C(O)CCN1CCCC(CCCC2CCCNC2)C1. The second-order valence-electron chi connectivity index (χ2n) is 6.60. The van der Waals surface area contributed by atoms with Crippen molar-refractivity contribution in [1.82, 2.24) is 10.2 Å². The maximum absolute atomic E-state index is 10.6. The molecule has 2 aliphatic heterocycles. The Morgan fingerprint density at radius 1 is 1.20 bits per heavy atom. The lowest BCUT2D eigenvalue weighted by Gasteiger charge is -2.32. The lowest BCUT2D eigenvalue weighted by Crippen LogP contribution is -2.36. The second-order valence-corrected chi connectivity index (χ2v) is 6.60. The van der Waals surface area contributed by atoms with Crippen LogP contribution in [0.25, 0.3) is 0 Å². The number of carbonyl (C=O) groups is 1. The monoisotopic (exact) mass is 282 g/mol. The summed E-state index contributed by atoms with van der Waals surface area (Å²) in [6.45, 7) is 5.37. The maximum Gasteiger partial charge on any atom is 0.304 e. The van der Waals surface area contributed by atoms with Crippen LogP contribution in [-0.4, -0.2) is 48.7 Å². The third-order valence-electron chi connectivity index (χ3n) is 4.87. The van der Waals surface area contributed by atoms with Gasteiger partial charge >= 0.3 is 5.97 Å². The molecule has 2 N–H and O–H groups in total. The smallest absolute Gasteiger partial charge is 0.304 e. The molecule has 0 aliphatic carbocycles. The van der Waals surface area contributed by atoms with Gasteiger partial charge in [-0.1, -0.05) is 6.42 Å². The summed E-state index contributed by atoms with van der Waals surface area (Å²) in [5.41, 5.74) is 0. The molecule has 0 saturated carbocycles. The van der Waals surface area contributed by atoms with Crippen molar-refractivity contribution in [3.63, 3.8) is 0 Å². The molecule has 0 aromatic heterocycles. The van der Waals surface area contributed by atoms with Gasteiger partial charge in [-0.05, 0) is 70.0 Å². The number of hydrogen-bond donors (Lipinski definition) is 2. The fourth-order valence-corrected chi connectivity index (χ4v) is 3.71. The van der Waals surface area contributed by atoms with E-state index in [0.717, 1.165) is 31.5 Å². The minimum atomic E-state index is -0.670. The highest BCUT2D eigenvalue weighted by Crippen LogP contribution is 2.24. The van der Waals surface area contributed by atoms with E-state index in [1.54, 1.807) is 0 Å². The van der Waals surface area contributed by atoms with E-state index < -0.39 is 5.97 Å². The molecule has 0 aromatic rings. The Labute approximate surface area is 122 Å². The number of carboxylic acid groups (broad SMARTS) is 1. The minimum Gasteiger partial charge on any atom is -0.481 e. The van der Waals surface area contributed by atoms with Crippen LogP contribution in [0.5, 0.6) is 0 Å². The van der Waals surface area contributed by atoms with E-state index in [4.69, 9.17) is 5.11 Å². The lowest BCUT2D eigenvalue weighted by molar-refractivity contribution is -0.137. The van der Waals surface area contributed by atoms with E-state index in [1.165, 1.54) is 58.0 Å². The van der Waals surface area contributed by atoms with Crippen molar-refractivity contribution in [2.24, 2.45) is 11.8 Å². The number of carboxylic acids is 1. The van der Waals surface area contributed by atoms with Crippen molar-refractivity contribution >= 4 is 5.97 Å². The van der Waals surface area contributed by atoms with Crippen molar-refractivity contribution < 1.29 is 9.90 Å². The van der Waals surface area contributed by atoms with Crippen molar-refractivity contribution in [2.75, 3.05) is 32.7 Å². The second kappa shape index (κ2) is 8.63. The molecule has 116 valence electrons. The molecule has 2 heterocycles. The first-order chi connectivity index (χ1) is 9.74. The van der Waals surface area contributed by atoms with Gasteiger partial charge in [-0.2, -0.15) is 0 Å². The van der Waals surface area contributed by atoms with Gasteiger partial charge < -0.3 is 15.3 Å². The predicted molar refractivity (Wildman–Crippen MR) is 80.9 cm³/mol. The van der Waals surface area contributed by atoms with E-state index in [1.807, 2.05) is 0 Å². The highest BCUT2D eigenvalue weighted by molar-refractivity contribution is 5.66. The summed E-state index contributed by atoms with van der Waals surface area (Å²) in [5.74, 6) is 1.03. The Morgan fingerprint density at radius 3 is 2.75 bits per heavy atom. The predicted octanol–water partition coefficient (Wildman–Crippen LogP) is 2.34. The lowest BCUT2D eigenvalue weighted by atomic mass is 9.88. The van der Waals surface area contributed by atoms with Crippen molar-refractivity contribution in [1.29, 1.82) is 0 Å². The Kier molecular flexibility index (Phi) is 6.80. The third kappa shape index (κ3) is 5.80. The zero-order valence-corrected chi connectivity index (χ0v) is 12.6. The molecule has 2 saturated heterocycles. The molecule has 2 rings (SSSR count). The van der Waals surface area contributed by atoms with Gasteiger partial charge in [0.05, 0.1) is 6.42 Å². The van der Waals surface area contributed by atoms with Crippen LogP contribution < -0.4 is 5.32 Å². The van der Waals surface area contributed by atoms with Crippen molar-refractivity contribution in [3.05, 3.63) is 0 Å². The van der Waals surface area contributed by atoms with Gasteiger partial charge in [0.2, 0.25) is 0 Å². The highest BCUT2D eigenvalue weighted by atomic mass is 16.4. The van der Waals surface area contributed by atoms with E-state index in [2.05, 4.69) is 10.2 Å². The standard InChI is InChI=1S/C16H30N2O2/c19-16(20)8-11-18-10-3-7-15(13-18)5-1-4-14-6-2-9-17-12-14/h14-15,17H,1-13H2,(H,19,20).